The number of halogens is 1. The molecule has 1 unspecified atom stereocenters. The minimum atomic E-state index is -0.370. The lowest BCUT2D eigenvalue weighted by molar-refractivity contribution is 0.585. The number of rotatable bonds is 2. The van der Waals surface area contributed by atoms with Crippen LogP contribution in [0.25, 0.3) is 10.9 Å². The zero-order valence-electron chi connectivity index (χ0n) is 9.87. The molecular formula is C13H14FN3O. The maximum Gasteiger partial charge on any atom is 0.258 e. The van der Waals surface area contributed by atoms with Crippen molar-refractivity contribution in [1.82, 2.24) is 15.3 Å². The highest BCUT2D eigenvalue weighted by Crippen LogP contribution is 2.12. The van der Waals surface area contributed by atoms with Gasteiger partial charge in [-0.2, -0.15) is 0 Å². The van der Waals surface area contributed by atoms with Crippen LogP contribution < -0.4 is 10.9 Å². The normalized spacial score (nSPS) is 19.5. The number of nitrogens with one attached hydrogen (secondary N) is 2. The summed E-state index contributed by atoms with van der Waals surface area (Å²) in [6, 6.07) is 4.40. The van der Waals surface area contributed by atoms with Gasteiger partial charge in [0.25, 0.3) is 5.56 Å². The van der Waals surface area contributed by atoms with Crippen molar-refractivity contribution in [1.29, 1.82) is 0 Å². The SMILES string of the molecule is O=c1[nH]c(CC2CCCN2)nc2cc(F)ccc12. The fourth-order valence-corrected chi connectivity index (χ4v) is 2.42. The van der Waals surface area contributed by atoms with E-state index in [0.717, 1.165) is 19.4 Å². The summed E-state index contributed by atoms with van der Waals surface area (Å²) in [5.74, 6) is 0.253. The van der Waals surface area contributed by atoms with Crippen LogP contribution in [0.5, 0.6) is 0 Å². The first-order valence-electron chi connectivity index (χ1n) is 6.14. The van der Waals surface area contributed by atoms with Crippen LogP contribution in [0.1, 0.15) is 18.7 Å². The van der Waals surface area contributed by atoms with Gasteiger partial charge in [0.15, 0.2) is 0 Å². The molecule has 4 nitrogen and oxygen atoms in total. The van der Waals surface area contributed by atoms with Crippen molar-refractivity contribution in [3.05, 3.63) is 40.2 Å². The first-order chi connectivity index (χ1) is 8.72. The van der Waals surface area contributed by atoms with Crippen LogP contribution in [0.2, 0.25) is 0 Å². The summed E-state index contributed by atoms with van der Waals surface area (Å²) in [6.45, 7) is 1.01. The highest BCUT2D eigenvalue weighted by Gasteiger charge is 2.16. The number of aromatic nitrogens is 2. The minimum Gasteiger partial charge on any atom is -0.314 e. The fraction of sp³-hybridized carbons (Fsp3) is 0.385. The first-order valence-corrected chi connectivity index (χ1v) is 6.14. The molecule has 94 valence electrons. The maximum atomic E-state index is 13.1. The number of aromatic amines is 1. The van der Waals surface area contributed by atoms with Crippen molar-refractivity contribution in [2.75, 3.05) is 6.54 Å². The predicted molar refractivity (Wildman–Crippen MR) is 67.1 cm³/mol. The zero-order chi connectivity index (χ0) is 12.5. The van der Waals surface area contributed by atoms with Crippen LogP contribution in [0, 0.1) is 5.82 Å². The molecule has 1 aromatic carbocycles. The van der Waals surface area contributed by atoms with Crippen LogP contribution in [-0.4, -0.2) is 22.6 Å². The van der Waals surface area contributed by atoms with Gasteiger partial charge >= 0.3 is 0 Å². The molecule has 3 rings (SSSR count). The minimum absolute atomic E-state index is 0.201. The molecule has 18 heavy (non-hydrogen) atoms. The van der Waals surface area contributed by atoms with Gasteiger partial charge in [-0.1, -0.05) is 0 Å². The zero-order valence-corrected chi connectivity index (χ0v) is 9.87. The third kappa shape index (κ3) is 2.13. The molecule has 0 amide bonds. The Bertz CT molecular complexity index is 632. The number of benzene rings is 1. The molecule has 1 atom stereocenters. The molecule has 1 saturated heterocycles. The van der Waals surface area contributed by atoms with E-state index in [4.69, 9.17) is 0 Å². The highest BCUT2D eigenvalue weighted by atomic mass is 19.1. The van der Waals surface area contributed by atoms with Gasteiger partial charge in [0, 0.05) is 18.5 Å². The van der Waals surface area contributed by atoms with Gasteiger partial charge in [-0.3, -0.25) is 4.79 Å². The second kappa shape index (κ2) is 4.49. The summed E-state index contributed by atoms with van der Waals surface area (Å²) in [4.78, 5) is 18.9. The topological polar surface area (TPSA) is 57.8 Å². The summed E-state index contributed by atoms with van der Waals surface area (Å²) in [5.41, 5.74) is 0.222. The van der Waals surface area contributed by atoms with Gasteiger partial charge in [0.05, 0.1) is 10.9 Å². The van der Waals surface area contributed by atoms with Gasteiger partial charge < -0.3 is 10.3 Å². The Labute approximate surface area is 103 Å². The number of hydrogen-bond donors (Lipinski definition) is 2. The quantitative estimate of drug-likeness (QED) is 0.842. The lowest BCUT2D eigenvalue weighted by Crippen LogP contribution is -2.26. The molecule has 0 aliphatic carbocycles. The molecule has 0 saturated carbocycles. The molecule has 0 radical (unpaired) electrons. The summed E-state index contributed by atoms with van der Waals surface area (Å²) in [5, 5.41) is 3.78. The van der Waals surface area contributed by atoms with E-state index in [1.54, 1.807) is 0 Å². The average molecular weight is 247 g/mol. The summed E-state index contributed by atoms with van der Waals surface area (Å²) < 4.78 is 13.1. The molecule has 1 fully saturated rings. The van der Waals surface area contributed by atoms with E-state index >= 15 is 0 Å². The molecule has 2 N–H and O–H groups in total. The largest absolute Gasteiger partial charge is 0.314 e. The maximum absolute atomic E-state index is 13.1. The van der Waals surface area contributed by atoms with Crippen LogP contribution in [-0.2, 0) is 6.42 Å². The standard InChI is InChI=1S/C13H14FN3O/c14-8-3-4-10-11(6-8)16-12(17-13(10)18)7-9-2-1-5-15-9/h3-4,6,9,15H,1-2,5,7H2,(H,16,17,18). The van der Waals surface area contributed by atoms with Crippen molar-refractivity contribution in [2.45, 2.75) is 25.3 Å². The smallest absolute Gasteiger partial charge is 0.258 e. The fourth-order valence-electron chi connectivity index (χ4n) is 2.42. The molecule has 2 heterocycles. The predicted octanol–water partition coefficient (Wildman–Crippen LogP) is 1.36. The molecule has 0 spiro atoms. The van der Waals surface area contributed by atoms with E-state index in [0.29, 0.717) is 29.2 Å². The van der Waals surface area contributed by atoms with E-state index in [1.165, 1.54) is 18.2 Å². The van der Waals surface area contributed by atoms with Crippen molar-refractivity contribution in [2.24, 2.45) is 0 Å². The molecule has 5 heteroatoms. The van der Waals surface area contributed by atoms with Crippen molar-refractivity contribution >= 4 is 10.9 Å². The van der Waals surface area contributed by atoms with Crippen molar-refractivity contribution in [3.63, 3.8) is 0 Å². The van der Waals surface area contributed by atoms with Gasteiger partial charge in [-0.05, 0) is 31.5 Å². The molecular weight excluding hydrogens is 233 g/mol. The van der Waals surface area contributed by atoms with Gasteiger partial charge in [-0.25, -0.2) is 9.37 Å². The van der Waals surface area contributed by atoms with E-state index in [2.05, 4.69) is 15.3 Å². The molecule has 1 aliphatic rings. The third-order valence-corrected chi connectivity index (χ3v) is 3.32. The summed E-state index contributed by atoms with van der Waals surface area (Å²) in [6.07, 6.45) is 2.92. The molecule has 2 aromatic rings. The Kier molecular flexibility index (Phi) is 2.83. The average Bonchev–Trinajstić information content (AvgIpc) is 2.81. The van der Waals surface area contributed by atoms with E-state index in [-0.39, 0.29) is 11.4 Å². The lowest BCUT2D eigenvalue weighted by Gasteiger charge is -2.09. The Hall–Kier alpha value is -1.75. The van der Waals surface area contributed by atoms with Crippen molar-refractivity contribution in [3.8, 4) is 0 Å². The van der Waals surface area contributed by atoms with Crippen molar-refractivity contribution < 1.29 is 4.39 Å². The number of nitrogens with zero attached hydrogens (tertiary/aromatic N) is 1. The second-order valence-electron chi connectivity index (χ2n) is 4.67. The van der Waals surface area contributed by atoms with Crippen LogP contribution in [0.3, 0.4) is 0 Å². The number of H-pyrrole nitrogens is 1. The molecule has 1 aromatic heterocycles. The molecule has 1 aliphatic heterocycles. The van der Waals surface area contributed by atoms with Gasteiger partial charge in [0.1, 0.15) is 11.6 Å². The Morgan fingerprint density at radius 2 is 2.33 bits per heavy atom. The Morgan fingerprint density at radius 3 is 3.11 bits per heavy atom. The second-order valence-corrected chi connectivity index (χ2v) is 4.67. The van der Waals surface area contributed by atoms with Gasteiger partial charge in [-0.15, -0.1) is 0 Å². The van der Waals surface area contributed by atoms with E-state index in [1.807, 2.05) is 0 Å². The van der Waals surface area contributed by atoms with E-state index in [9.17, 15) is 9.18 Å². The highest BCUT2D eigenvalue weighted by molar-refractivity contribution is 5.77. The Balaban J connectivity index is 2.00. The first kappa shape index (κ1) is 11.3. The molecule has 0 bridgehead atoms. The van der Waals surface area contributed by atoms with Crippen LogP contribution >= 0.6 is 0 Å². The Morgan fingerprint density at radius 1 is 1.44 bits per heavy atom. The summed E-state index contributed by atoms with van der Waals surface area (Å²) in [7, 11) is 0. The van der Waals surface area contributed by atoms with Gasteiger partial charge in [0.2, 0.25) is 0 Å². The number of fused-ring (bicyclic) bond motifs is 1. The number of hydrogen-bond acceptors (Lipinski definition) is 3. The monoisotopic (exact) mass is 247 g/mol. The third-order valence-electron chi connectivity index (χ3n) is 3.32. The van der Waals surface area contributed by atoms with Crippen LogP contribution in [0.15, 0.2) is 23.0 Å². The summed E-state index contributed by atoms with van der Waals surface area (Å²) >= 11 is 0. The van der Waals surface area contributed by atoms with E-state index < -0.39 is 0 Å². The van der Waals surface area contributed by atoms with Crippen LogP contribution in [0.4, 0.5) is 4.39 Å². The lowest BCUT2D eigenvalue weighted by atomic mass is 10.1.